The van der Waals surface area contributed by atoms with Crippen LogP contribution in [0.4, 0.5) is 0 Å². The predicted molar refractivity (Wildman–Crippen MR) is 119 cm³/mol. The van der Waals surface area contributed by atoms with Crippen molar-refractivity contribution in [3.8, 4) is 0 Å². The van der Waals surface area contributed by atoms with Crippen molar-refractivity contribution in [1.29, 1.82) is 0 Å². The van der Waals surface area contributed by atoms with E-state index < -0.39 is 0 Å². The fourth-order valence-corrected chi connectivity index (χ4v) is 8.43. The fraction of sp³-hybridized carbons (Fsp3) is 0.852. The first-order chi connectivity index (χ1) is 13.3. The SMILES string of the molecule is CC(C)CCC[C@@H](C)[C@H]1CC[C@H]2[C@@H]3CCC4=CC(O)=CC[C@]4(C)[C@H]3CC[C@]12C. The number of aliphatic hydroxyl groups excluding tert-OH is 1. The maximum Gasteiger partial charge on any atom is 0.111 e. The average molecular weight is 385 g/mol. The van der Waals surface area contributed by atoms with Crippen LogP contribution in [0.5, 0.6) is 0 Å². The molecule has 0 heterocycles. The molecule has 0 bridgehead atoms. The summed E-state index contributed by atoms with van der Waals surface area (Å²) in [5, 5.41) is 10.0. The van der Waals surface area contributed by atoms with Gasteiger partial charge in [0.1, 0.15) is 5.76 Å². The Labute approximate surface area is 174 Å². The second-order valence-electron chi connectivity index (χ2n) is 11.9. The number of aliphatic hydroxyl groups is 1. The Morgan fingerprint density at radius 3 is 2.57 bits per heavy atom. The van der Waals surface area contributed by atoms with Crippen LogP contribution in [0, 0.1) is 46.3 Å². The highest BCUT2D eigenvalue weighted by Gasteiger charge is 2.59. The number of allylic oxidation sites excluding steroid dienone is 3. The molecule has 0 aromatic heterocycles. The van der Waals surface area contributed by atoms with Gasteiger partial charge in [-0.1, -0.05) is 59.5 Å². The van der Waals surface area contributed by atoms with Crippen molar-refractivity contribution in [2.24, 2.45) is 46.3 Å². The van der Waals surface area contributed by atoms with E-state index in [4.69, 9.17) is 0 Å². The van der Waals surface area contributed by atoms with Gasteiger partial charge in [0.05, 0.1) is 0 Å². The van der Waals surface area contributed by atoms with E-state index in [1.165, 1.54) is 57.8 Å². The molecule has 4 aliphatic rings. The summed E-state index contributed by atoms with van der Waals surface area (Å²) in [6.07, 6.45) is 17.9. The summed E-state index contributed by atoms with van der Waals surface area (Å²) in [6, 6.07) is 0. The maximum absolute atomic E-state index is 10.0. The van der Waals surface area contributed by atoms with Crippen LogP contribution >= 0.6 is 0 Å². The molecule has 0 aromatic rings. The Balaban J connectivity index is 1.49. The van der Waals surface area contributed by atoms with Gasteiger partial charge in [0.15, 0.2) is 0 Å². The Bertz CT molecular complexity index is 643. The molecule has 0 spiro atoms. The van der Waals surface area contributed by atoms with Crippen molar-refractivity contribution < 1.29 is 5.11 Å². The second-order valence-corrected chi connectivity index (χ2v) is 11.9. The highest BCUT2D eigenvalue weighted by atomic mass is 16.3. The fourth-order valence-electron chi connectivity index (χ4n) is 8.43. The van der Waals surface area contributed by atoms with Gasteiger partial charge in [-0.25, -0.2) is 0 Å². The minimum absolute atomic E-state index is 0.317. The Kier molecular flexibility index (Phi) is 5.51. The van der Waals surface area contributed by atoms with Crippen molar-refractivity contribution in [3.05, 3.63) is 23.5 Å². The van der Waals surface area contributed by atoms with E-state index in [1.54, 1.807) is 5.57 Å². The predicted octanol–water partition coefficient (Wildman–Crippen LogP) is 8.08. The van der Waals surface area contributed by atoms with E-state index in [2.05, 4.69) is 46.8 Å². The number of rotatable bonds is 5. The lowest BCUT2D eigenvalue weighted by molar-refractivity contribution is -0.0551. The van der Waals surface area contributed by atoms with E-state index in [1.807, 2.05) is 0 Å². The van der Waals surface area contributed by atoms with E-state index >= 15 is 0 Å². The molecule has 0 radical (unpaired) electrons. The van der Waals surface area contributed by atoms with Crippen LogP contribution in [0.2, 0.25) is 0 Å². The molecular formula is C27H44O. The minimum atomic E-state index is 0.317. The topological polar surface area (TPSA) is 20.2 Å². The minimum Gasteiger partial charge on any atom is -0.508 e. The third-order valence-electron chi connectivity index (χ3n) is 9.99. The zero-order valence-corrected chi connectivity index (χ0v) is 19.1. The van der Waals surface area contributed by atoms with Crippen LogP contribution in [0.3, 0.4) is 0 Å². The maximum atomic E-state index is 10.0. The Morgan fingerprint density at radius 2 is 1.82 bits per heavy atom. The van der Waals surface area contributed by atoms with Crippen LogP contribution < -0.4 is 0 Å². The summed E-state index contributed by atoms with van der Waals surface area (Å²) in [6.45, 7) is 12.5. The van der Waals surface area contributed by atoms with E-state index in [0.717, 1.165) is 41.9 Å². The van der Waals surface area contributed by atoms with Gasteiger partial charge in [-0.2, -0.15) is 0 Å². The van der Waals surface area contributed by atoms with Crippen molar-refractivity contribution >= 4 is 0 Å². The summed E-state index contributed by atoms with van der Waals surface area (Å²) in [5.74, 6) is 5.92. The third-order valence-corrected chi connectivity index (χ3v) is 9.99. The molecule has 7 atom stereocenters. The summed E-state index contributed by atoms with van der Waals surface area (Å²) < 4.78 is 0. The van der Waals surface area contributed by atoms with Gasteiger partial charge in [-0.15, -0.1) is 0 Å². The van der Waals surface area contributed by atoms with Crippen molar-refractivity contribution in [1.82, 2.24) is 0 Å². The van der Waals surface area contributed by atoms with E-state index in [9.17, 15) is 5.11 Å². The molecule has 1 heteroatoms. The molecule has 4 rings (SSSR count). The first-order valence-corrected chi connectivity index (χ1v) is 12.4. The standard InChI is InChI=1S/C27H44O/c1-18(2)7-6-8-19(3)23-11-12-24-22-10-9-20-17-21(28)13-15-26(20,4)25(22)14-16-27(23,24)5/h13,17-19,22-25,28H,6-12,14-16H2,1-5H3/t19-,22+,23-,24+,25+,26+,27-/m1/s1. The smallest absolute Gasteiger partial charge is 0.111 e. The molecule has 1 N–H and O–H groups in total. The summed E-state index contributed by atoms with van der Waals surface area (Å²) in [4.78, 5) is 0. The normalized spacial score (nSPS) is 43.6. The molecule has 0 unspecified atom stereocenters. The van der Waals surface area contributed by atoms with Crippen LogP contribution in [-0.2, 0) is 0 Å². The molecule has 4 aliphatic carbocycles. The largest absolute Gasteiger partial charge is 0.508 e. The van der Waals surface area contributed by atoms with E-state index in [-0.39, 0.29) is 0 Å². The van der Waals surface area contributed by atoms with Crippen LogP contribution in [-0.4, -0.2) is 5.11 Å². The van der Waals surface area contributed by atoms with Gasteiger partial charge in [0.2, 0.25) is 0 Å². The molecular weight excluding hydrogens is 340 g/mol. The summed E-state index contributed by atoms with van der Waals surface area (Å²) >= 11 is 0. The average Bonchev–Trinajstić information content (AvgIpc) is 2.99. The third kappa shape index (κ3) is 3.29. The first-order valence-electron chi connectivity index (χ1n) is 12.4. The Hall–Kier alpha value is -0.720. The summed E-state index contributed by atoms with van der Waals surface area (Å²) in [7, 11) is 0. The number of hydrogen-bond donors (Lipinski definition) is 1. The second kappa shape index (κ2) is 7.51. The molecule has 0 aliphatic heterocycles. The molecule has 28 heavy (non-hydrogen) atoms. The lowest BCUT2D eigenvalue weighted by Crippen LogP contribution is -2.50. The molecule has 1 nitrogen and oxygen atoms in total. The van der Waals surface area contributed by atoms with Gasteiger partial charge < -0.3 is 5.11 Å². The van der Waals surface area contributed by atoms with Crippen LogP contribution in [0.1, 0.15) is 98.8 Å². The number of hydrogen-bond acceptors (Lipinski definition) is 1. The van der Waals surface area contributed by atoms with Crippen LogP contribution in [0.25, 0.3) is 0 Å². The van der Waals surface area contributed by atoms with Crippen molar-refractivity contribution in [2.75, 3.05) is 0 Å². The highest BCUT2D eigenvalue weighted by Crippen LogP contribution is 2.67. The molecule has 0 aromatic carbocycles. The lowest BCUT2D eigenvalue weighted by atomic mass is 9.47. The Morgan fingerprint density at radius 1 is 1.04 bits per heavy atom. The zero-order chi connectivity index (χ0) is 20.1. The highest BCUT2D eigenvalue weighted by molar-refractivity contribution is 5.32. The molecule has 3 saturated carbocycles. The first kappa shape index (κ1) is 20.5. The number of fused-ring (bicyclic) bond motifs is 5. The van der Waals surface area contributed by atoms with Crippen LogP contribution in [0.15, 0.2) is 23.5 Å². The van der Waals surface area contributed by atoms with E-state index in [0.29, 0.717) is 16.6 Å². The molecule has 158 valence electrons. The zero-order valence-electron chi connectivity index (χ0n) is 19.1. The van der Waals surface area contributed by atoms with Gasteiger partial charge in [-0.3, -0.25) is 0 Å². The van der Waals surface area contributed by atoms with Crippen molar-refractivity contribution in [2.45, 2.75) is 98.8 Å². The monoisotopic (exact) mass is 384 g/mol. The molecule has 0 saturated heterocycles. The molecule has 0 amide bonds. The van der Waals surface area contributed by atoms with Crippen molar-refractivity contribution in [3.63, 3.8) is 0 Å². The molecule has 3 fully saturated rings. The van der Waals surface area contributed by atoms with Gasteiger partial charge in [0, 0.05) is 0 Å². The van der Waals surface area contributed by atoms with Gasteiger partial charge >= 0.3 is 0 Å². The summed E-state index contributed by atoms with van der Waals surface area (Å²) in [5.41, 5.74) is 2.45. The van der Waals surface area contributed by atoms with Gasteiger partial charge in [0.25, 0.3) is 0 Å². The lowest BCUT2D eigenvalue weighted by Gasteiger charge is -2.58. The van der Waals surface area contributed by atoms with Gasteiger partial charge in [-0.05, 0) is 103 Å². The quantitative estimate of drug-likeness (QED) is 0.508.